The SMILES string of the molecule is CCC1(CC)C(=O)CC1Oc1cccc(S(C)(=O)=O)c1. The Bertz CT molecular complexity index is 615. The Balaban J connectivity index is 2.22. The Hall–Kier alpha value is -1.36. The predicted octanol–water partition coefficient (Wildman–Crippen LogP) is 2.62. The maximum atomic E-state index is 11.9. The van der Waals surface area contributed by atoms with E-state index in [2.05, 4.69) is 0 Å². The minimum atomic E-state index is -3.25. The minimum Gasteiger partial charge on any atom is -0.489 e. The summed E-state index contributed by atoms with van der Waals surface area (Å²) in [5.74, 6) is 0.753. The van der Waals surface area contributed by atoms with Crippen molar-refractivity contribution < 1.29 is 17.9 Å². The lowest BCUT2D eigenvalue weighted by atomic mass is 9.61. The summed E-state index contributed by atoms with van der Waals surface area (Å²) in [5, 5.41) is 0. The number of rotatable bonds is 5. The lowest BCUT2D eigenvalue weighted by Gasteiger charge is -2.46. The van der Waals surface area contributed by atoms with E-state index >= 15 is 0 Å². The number of benzene rings is 1. The lowest BCUT2D eigenvalue weighted by molar-refractivity contribution is -0.153. The molecule has 1 aromatic rings. The van der Waals surface area contributed by atoms with Gasteiger partial charge >= 0.3 is 0 Å². The number of ketones is 1. The summed E-state index contributed by atoms with van der Waals surface area (Å²) < 4.78 is 28.9. The molecule has 0 saturated heterocycles. The number of Topliss-reactive ketones (excluding diaryl/α,β-unsaturated/α-hetero) is 1. The molecule has 1 saturated carbocycles. The fraction of sp³-hybridized carbons (Fsp3) is 0.533. The zero-order chi connectivity index (χ0) is 15.0. The third kappa shape index (κ3) is 2.46. The van der Waals surface area contributed by atoms with Crippen LogP contribution >= 0.6 is 0 Å². The van der Waals surface area contributed by atoms with Crippen LogP contribution in [0, 0.1) is 5.41 Å². The first-order chi connectivity index (χ1) is 9.33. The normalized spacial score (nSPS) is 21.4. The van der Waals surface area contributed by atoms with Crippen molar-refractivity contribution in [2.24, 2.45) is 5.41 Å². The second-order valence-electron chi connectivity index (χ2n) is 5.34. The molecule has 4 nitrogen and oxygen atoms in total. The molecule has 0 aliphatic heterocycles. The van der Waals surface area contributed by atoms with Crippen molar-refractivity contribution >= 4 is 15.6 Å². The third-order valence-electron chi connectivity index (χ3n) is 4.32. The molecular formula is C15H20O4S. The summed E-state index contributed by atoms with van der Waals surface area (Å²) in [6.45, 7) is 3.98. The summed E-state index contributed by atoms with van der Waals surface area (Å²) in [5.41, 5.74) is -0.402. The van der Waals surface area contributed by atoms with Gasteiger partial charge in [0.15, 0.2) is 9.84 Å². The van der Waals surface area contributed by atoms with Crippen LogP contribution < -0.4 is 4.74 Å². The van der Waals surface area contributed by atoms with E-state index in [4.69, 9.17) is 4.74 Å². The topological polar surface area (TPSA) is 60.4 Å². The van der Waals surface area contributed by atoms with Gasteiger partial charge in [-0.1, -0.05) is 19.9 Å². The van der Waals surface area contributed by atoms with Gasteiger partial charge in [-0.05, 0) is 31.0 Å². The molecule has 5 heteroatoms. The fourth-order valence-corrected chi connectivity index (χ4v) is 3.47. The Labute approximate surface area is 120 Å². The van der Waals surface area contributed by atoms with Crippen LogP contribution in [0.3, 0.4) is 0 Å². The van der Waals surface area contributed by atoms with Gasteiger partial charge in [0.25, 0.3) is 0 Å². The molecule has 0 heterocycles. The maximum absolute atomic E-state index is 11.9. The molecule has 0 spiro atoms. The highest BCUT2D eigenvalue weighted by atomic mass is 32.2. The average Bonchev–Trinajstić information content (AvgIpc) is 2.39. The number of carbonyl (C=O) groups excluding carboxylic acids is 1. The summed E-state index contributed by atoms with van der Waals surface area (Å²) in [6.07, 6.45) is 2.92. The molecule has 0 aromatic heterocycles. The van der Waals surface area contributed by atoms with Gasteiger partial charge in [0.2, 0.25) is 0 Å². The smallest absolute Gasteiger partial charge is 0.175 e. The Morgan fingerprint density at radius 2 is 1.95 bits per heavy atom. The molecule has 0 N–H and O–H groups in total. The van der Waals surface area contributed by atoms with Crippen LogP contribution in [0.5, 0.6) is 5.75 Å². The first kappa shape index (κ1) is 15.0. The summed E-state index contributed by atoms with van der Waals surface area (Å²) in [4.78, 5) is 12.1. The molecule has 110 valence electrons. The van der Waals surface area contributed by atoms with E-state index in [1.807, 2.05) is 13.8 Å². The first-order valence-corrected chi connectivity index (χ1v) is 8.72. The molecule has 2 rings (SSSR count). The molecule has 1 aliphatic carbocycles. The number of ether oxygens (including phenoxy) is 1. The summed E-state index contributed by atoms with van der Waals surface area (Å²) >= 11 is 0. The molecule has 1 aromatic carbocycles. The highest BCUT2D eigenvalue weighted by molar-refractivity contribution is 7.90. The molecule has 0 bridgehead atoms. The van der Waals surface area contributed by atoms with Gasteiger partial charge < -0.3 is 4.74 Å². The van der Waals surface area contributed by atoms with Gasteiger partial charge in [0, 0.05) is 12.7 Å². The number of sulfone groups is 1. The second kappa shape index (κ2) is 5.20. The van der Waals surface area contributed by atoms with Crippen LogP contribution in [0.15, 0.2) is 29.2 Å². The Kier molecular flexibility index (Phi) is 3.91. The van der Waals surface area contributed by atoms with Crippen molar-refractivity contribution in [1.29, 1.82) is 0 Å². The molecule has 1 atom stereocenters. The van der Waals surface area contributed by atoms with E-state index in [9.17, 15) is 13.2 Å². The summed E-state index contributed by atoms with van der Waals surface area (Å²) in [7, 11) is -3.25. The van der Waals surface area contributed by atoms with E-state index in [1.165, 1.54) is 12.3 Å². The molecule has 20 heavy (non-hydrogen) atoms. The zero-order valence-corrected chi connectivity index (χ0v) is 12.9. The van der Waals surface area contributed by atoms with Gasteiger partial charge in [-0.25, -0.2) is 8.42 Å². The van der Waals surface area contributed by atoms with E-state index in [0.29, 0.717) is 12.2 Å². The van der Waals surface area contributed by atoms with Crippen LogP contribution in [0.2, 0.25) is 0 Å². The Morgan fingerprint density at radius 1 is 1.30 bits per heavy atom. The molecule has 1 fully saturated rings. The van der Waals surface area contributed by atoms with Crippen molar-refractivity contribution in [3.8, 4) is 5.75 Å². The molecule has 0 radical (unpaired) electrons. The molecule has 1 aliphatic rings. The van der Waals surface area contributed by atoms with Crippen LogP contribution in [-0.2, 0) is 14.6 Å². The number of hydrogen-bond donors (Lipinski definition) is 0. The van der Waals surface area contributed by atoms with E-state index < -0.39 is 15.3 Å². The van der Waals surface area contributed by atoms with Crippen LogP contribution in [0.4, 0.5) is 0 Å². The van der Waals surface area contributed by atoms with Crippen molar-refractivity contribution in [2.45, 2.75) is 44.1 Å². The Morgan fingerprint density at radius 3 is 2.45 bits per heavy atom. The van der Waals surface area contributed by atoms with Gasteiger partial charge in [-0.3, -0.25) is 4.79 Å². The quantitative estimate of drug-likeness (QED) is 0.838. The highest BCUT2D eigenvalue weighted by Gasteiger charge is 2.53. The standard InChI is InChI=1S/C15H20O4S/c1-4-15(5-2)13(16)10-14(15)19-11-7-6-8-12(9-11)20(3,17)18/h6-9,14H,4-5,10H2,1-3H3. The average molecular weight is 296 g/mol. The predicted molar refractivity (Wildman–Crippen MR) is 76.6 cm³/mol. The maximum Gasteiger partial charge on any atom is 0.175 e. The highest BCUT2D eigenvalue weighted by Crippen LogP contribution is 2.45. The van der Waals surface area contributed by atoms with Gasteiger partial charge in [-0.2, -0.15) is 0 Å². The van der Waals surface area contributed by atoms with Crippen LogP contribution in [-0.4, -0.2) is 26.6 Å². The van der Waals surface area contributed by atoms with E-state index in [1.54, 1.807) is 18.2 Å². The second-order valence-corrected chi connectivity index (χ2v) is 7.36. The van der Waals surface area contributed by atoms with Crippen molar-refractivity contribution in [1.82, 2.24) is 0 Å². The largest absolute Gasteiger partial charge is 0.489 e. The fourth-order valence-electron chi connectivity index (χ4n) is 2.81. The van der Waals surface area contributed by atoms with Crippen molar-refractivity contribution in [3.63, 3.8) is 0 Å². The molecule has 0 amide bonds. The minimum absolute atomic E-state index is 0.153. The number of carbonyl (C=O) groups is 1. The van der Waals surface area contributed by atoms with Crippen LogP contribution in [0.25, 0.3) is 0 Å². The monoisotopic (exact) mass is 296 g/mol. The van der Waals surface area contributed by atoms with E-state index in [0.717, 1.165) is 12.8 Å². The van der Waals surface area contributed by atoms with E-state index in [-0.39, 0.29) is 16.8 Å². The van der Waals surface area contributed by atoms with Crippen LogP contribution in [0.1, 0.15) is 33.1 Å². The lowest BCUT2D eigenvalue weighted by Crippen LogP contribution is -2.56. The van der Waals surface area contributed by atoms with Crippen molar-refractivity contribution in [3.05, 3.63) is 24.3 Å². The van der Waals surface area contributed by atoms with Crippen molar-refractivity contribution in [2.75, 3.05) is 6.26 Å². The summed E-state index contributed by atoms with van der Waals surface area (Å²) in [6, 6.07) is 6.45. The zero-order valence-electron chi connectivity index (χ0n) is 12.0. The van der Waals surface area contributed by atoms with Gasteiger partial charge in [0.05, 0.1) is 10.3 Å². The third-order valence-corrected chi connectivity index (χ3v) is 5.43. The molecular weight excluding hydrogens is 276 g/mol. The molecule has 1 unspecified atom stereocenters. The van der Waals surface area contributed by atoms with Gasteiger partial charge in [-0.15, -0.1) is 0 Å². The first-order valence-electron chi connectivity index (χ1n) is 6.83. The van der Waals surface area contributed by atoms with Gasteiger partial charge in [0.1, 0.15) is 17.6 Å². The number of hydrogen-bond acceptors (Lipinski definition) is 4.